The van der Waals surface area contributed by atoms with E-state index in [2.05, 4.69) is 10.4 Å². The molecule has 0 saturated carbocycles. The molecule has 0 fully saturated rings. The molecule has 2 aromatic heterocycles. The van der Waals surface area contributed by atoms with Crippen LogP contribution in [0.15, 0.2) is 65.8 Å². The fourth-order valence-electron chi connectivity index (χ4n) is 4.13. The summed E-state index contributed by atoms with van der Waals surface area (Å²) < 4.78 is 12.3. The van der Waals surface area contributed by atoms with Gasteiger partial charge in [-0.1, -0.05) is 24.3 Å². The first-order valence-electron chi connectivity index (χ1n) is 11.6. The van der Waals surface area contributed by atoms with Gasteiger partial charge in [0.2, 0.25) is 0 Å². The predicted molar refractivity (Wildman–Crippen MR) is 146 cm³/mol. The van der Waals surface area contributed by atoms with Crippen molar-refractivity contribution < 1.29 is 14.3 Å². The number of para-hydroxylation sites is 3. The van der Waals surface area contributed by atoms with Gasteiger partial charge in [0.05, 0.1) is 31.5 Å². The molecule has 2 heterocycles. The molecule has 0 atom stereocenters. The minimum atomic E-state index is -0.400. The molecule has 3 N–H and O–H groups in total. The number of carbonyl (C=O) groups is 1. The maximum absolute atomic E-state index is 13.5. The number of nitrogens with one attached hydrogen (secondary N) is 1. The van der Waals surface area contributed by atoms with Gasteiger partial charge in [-0.05, 0) is 61.4 Å². The summed E-state index contributed by atoms with van der Waals surface area (Å²) in [4.78, 5) is 23.0. The Hall–Kier alpha value is -4.92. The molecule has 0 saturated heterocycles. The highest BCUT2D eigenvalue weighted by Crippen LogP contribution is 2.31. The third-order valence-electron chi connectivity index (χ3n) is 6.21. The SMILES string of the molecule is COc1cccc(C=Nn2c(N)c(C(=O)Nc3ccc(C)c(C)c3)c3nc4ccccc4nc32)c1OC. The van der Waals surface area contributed by atoms with Gasteiger partial charge >= 0.3 is 0 Å². The number of aromatic nitrogens is 3. The lowest BCUT2D eigenvalue weighted by Crippen LogP contribution is -2.14. The molecule has 3 aromatic carbocycles. The number of benzene rings is 3. The number of methoxy groups -OCH3 is 2. The number of nitrogens with zero attached hydrogens (tertiary/aromatic N) is 4. The van der Waals surface area contributed by atoms with Crippen LogP contribution in [0.4, 0.5) is 11.5 Å². The lowest BCUT2D eigenvalue weighted by atomic mass is 10.1. The predicted octanol–water partition coefficient (Wildman–Crippen LogP) is 4.94. The molecular weight excluding hydrogens is 468 g/mol. The molecule has 9 nitrogen and oxygen atoms in total. The number of rotatable bonds is 6. The maximum Gasteiger partial charge on any atom is 0.261 e. The molecule has 0 aliphatic heterocycles. The van der Waals surface area contributed by atoms with Crippen molar-refractivity contribution in [1.82, 2.24) is 14.6 Å². The summed E-state index contributed by atoms with van der Waals surface area (Å²) in [5, 5.41) is 7.52. The summed E-state index contributed by atoms with van der Waals surface area (Å²) in [5.74, 6) is 0.803. The number of nitrogen functional groups attached to an aromatic ring is 1. The Labute approximate surface area is 213 Å². The van der Waals surface area contributed by atoms with E-state index in [0.29, 0.717) is 44.9 Å². The molecule has 5 aromatic rings. The van der Waals surface area contributed by atoms with Crippen LogP contribution in [0.3, 0.4) is 0 Å². The Kier molecular flexibility index (Phi) is 6.19. The number of fused-ring (bicyclic) bond motifs is 2. The number of hydrogen-bond donors (Lipinski definition) is 2. The first-order chi connectivity index (χ1) is 17.9. The average Bonchev–Trinajstić information content (AvgIpc) is 3.17. The van der Waals surface area contributed by atoms with Crippen molar-refractivity contribution in [2.24, 2.45) is 5.10 Å². The standard InChI is InChI=1S/C28H26N6O3/c1-16-12-13-19(14-17(16)2)31-28(35)23-24-27(33-21-10-6-5-9-20(21)32-24)34(26(23)29)30-15-18-8-7-11-22(36-3)25(18)37-4/h5-15H,29H2,1-4H3,(H,31,35). The van der Waals surface area contributed by atoms with Crippen molar-refractivity contribution >= 4 is 45.8 Å². The topological polar surface area (TPSA) is 117 Å². The van der Waals surface area contributed by atoms with Crippen LogP contribution in [-0.2, 0) is 0 Å². The third-order valence-corrected chi connectivity index (χ3v) is 6.21. The zero-order valence-corrected chi connectivity index (χ0v) is 20.9. The molecule has 9 heteroatoms. The van der Waals surface area contributed by atoms with Crippen LogP contribution in [0.5, 0.6) is 11.5 Å². The van der Waals surface area contributed by atoms with Crippen LogP contribution in [0, 0.1) is 13.8 Å². The largest absolute Gasteiger partial charge is 0.493 e. The van der Waals surface area contributed by atoms with Crippen molar-refractivity contribution in [3.8, 4) is 11.5 Å². The van der Waals surface area contributed by atoms with Crippen LogP contribution in [-0.4, -0.2) is 41.0 Å². The highest BCUT2D eigenvalue weighted by molar-refractivity contribution is 6.16. The number of carbonyl (C=O) groups excluding carboxylic acids is 1. The van der Waals surface area contributed by atoms with Crippen LogP contribution in [0.2, 0.25) is 0 Å². The van der Waals surface area contributed by atoms with E-state index in [9.17, 15) is 4.79 Å². The Balaban J connectivity index is 1.66. The minimum Gasteiger partial charge on any atom is -0.493 e. The van der Waals surface area contributed by atoms with Crippen LogP contribution >= 0.6 is 0 Å². The summed E-state index contributed by atoms with van der Waals surface area (Å²) in [6.07, 6.45) is 1.58. The van der Waals surface area contributed by atoms with Gasteiger partial charge in [0.15, 0.2) is 17.1 Å². The summed E-state index contributed by atoms with van der Waals surface area (Å²) in [6, 6.07) is 18.6. The van der Waals surface area contributed by atoms with Gasteiger partial charge in [-0.25, -0.2) is 9.97 Å². The number of ether oxygens (including phenoxy) is 2. The van der Waals surface area contributed by atoms with Gasteiger partial charge in [-0.15, -0.1) is 0 Å². The monoisotopic (exact) mass is 494 g/mol. The zero-order valence-electron chi connectivity index (χ0n) is 20.9. The van der Waals surface area contributed by atoms with E-state index in [1.165, 1.54) is 4.68 Å². The van der Waals surface area contributed by atoms with E-state index in [4.69, 9.17) is 25.2 Å². The van der Waals surface area contributed by atoms with Gasteiger partial charge < -0.3 is 20.5 Å². The molecule has 0 unspecified atom stereocenters. The molecule has 0 aliphatic rings. The van der Waals surface area contributed by atoms with Crippen LogP contribution < -0.4 is 20.5 Å². The summed E-state index contributed by atoms with van der Waals surface area (Å²) in [7, 11) is 3.12. The van der Waals surface area contributed by atoms with E-state index in [-0.39, 0.29) is 11.4 Å². The number of hydrogen-bond acceptors (Lipinski definition) is 7. The van der Waals surface area contributed by atoms with Gasteiger partial charge in [0.25, 0.3) is 5.91 Å². The van der Waals surface area contributed by atoms with Crippen molar-refractivity contribution in [3.63, 3.8) is 0 Å². The maximum atomic E-state index is 13.5. The van der Waals surface area contributed by atoms with Gasteiger partial charge in [0.1, 0.15) is 16.9 Å². The second-order valence-electron chi connectivity index (χ2n) is 8.54. The fraction of sp³-hybridized carbons (Fsp3) is 0.143. The van der Waals surface area contributed by atoms with E-state index < -0.39 is 5.91 Å². The van der Waals surface area contributed by atoms with Crippen molar-refractivity contribution in [2.75, 3.05) is 25.3 Å². The lowest BCUT2D eigenvalue weighted by Gasteiger charge is -2.09. The minimum absolute atomic E-state index is 0.116. The van der Waals surface area contributed by atoms with E-state index >= 15 is 0 Å². The molecule has 0 spiro atoms. The molecule has 186 valence electrons. The summed E-state index contributed by atoms with van der Waals surface area (Å²) >= 11 is 0. The summed E-state index contributed by atoms with van der Waals surface area (Å²) in [6.45, 7) is 4.01. The number of amides is 1. The molecule has 5 rings (SSSR count). The van der Waals surface area contributed by atoms with E-state index in [1.54, 1.807) is 26.5 Å². The summed E-state index contributed by atoms with van der Waals surface area (Å²) in [5.41, 5.74) is 12.3. The van der Waals surface area contributed by atoms with E-state index in [1.807, 2.05) is 68.4 Å². The zero-order chi connectivity index (χ0) is 26.1. The van der Waals surface area contributed by atoms with Crippen molar-refractivity contribution in [1.29, 1.82) is 0 Å². The Bertz CT molecular complexity index is 1690. The Morgan fingerprint density at radius 3 is 2.43 bits per heavy atom. The second-order valence-corrected chi connectivity index (χ2v) is 8.54. The Morgan fingerprint density at radius 1 is 0.973 bits per heavy atom. The average molecular weight is 495 g/mol. The highest BCUT2D eigenvalue weighted by Gasteiger charge is 2.24. The number of anilines is 2. The lowest BCUT2D eigenvalue weighted by molar-refractivity contribution is 0.102. The molecular formula is C28H26N6O3. The second kappa shape index (κ2) is 9.62. The van der Waals surface area contributed by atoms with Gasteiger partial charge in [-0.3, -0.25) is 4.79 Å². The van der Waals surface area contributed by atoms with Crippen LogP contribution in [0.25, 0.3) is 22.2 Å². The first-order valence-corrected chi connectivity index (χ1v) is 11.6. The van der Waals surface area contributed by atoms with Crippen LogP contribution in [0.1, 0.15) is 27.0 Å². The van der Waals surface area contributed by atoms with E-state index in [0.717, 1.165) is 11.1 Å². The molecule has 0 aliphatic carbocycles. The smallest absolute Gasteiger partial charge is 0.261 e. The third kappa shape index (κ3) is 4.31. The first kappa shape index (κ1) is 23.8. The normalized spacial score (nSPS) is 11.4. The van der Waals surface area contributed by atoms with Gasteiger partial charge in [-0.2, -0.15) is 9.78 Å². The molecule has 0 bridgehead atoms. The fourth-order valence-corrected chi connectivity index (χ4v) is 4.13. The van der Waals surface area contributed by atoms with Crippen molar-refractivity contribution in [3.05, 3.63) is 82.9 Å². The van der Waals surface area contributed by atoms with Gasteiger partial charge in [0, 0.05) is 11.3 Å². The highest BCUT2D eigenvalue weighted by atomic mass is 16.5. The molecule has 0 radical (unpaired) electrons. The molecule has 37 heavy (non-hydrogen) atoms. The number of nitrogens with two attached hydrogens (primary N) is 1. The van der Waals surface area contributed by atoms with Crippen molar-refractivity contribution in [2.45, 2.75) is 13.8 Å². The molecule has 1 amide bonds. The quantitative estimate of drug-likeness (QED) is 0.323. The number of aryl methyl sites for hydroxylation is 2. The Morgan fingerprint density at radius 2 is 1.73 bits per heavy atom.